The van der Waals surface area contributed by atoms with Crippen molar-refractivity contribution in [3.63, 3.8) is 0 Å². The highest BCUT2D eigenvalue weighted by Crippen LogP contribution is 2.30. The lowest BCUT2D eigenvalue weighted by molar-refractivity contribution is -0.385. The van der Waals surface area contributed by atoms with Gasteiger partial charge < -0.3 is 10.1 Å². The van der Waals surface area contributed by atoms with E-state index in [1.54, 1.807) is 5.32 Å². The van der Waals surface area contributed by atoms with E-state index >= 15 is 0 Å². The molecule has 0 saturated carbocycles. The van der Waals surface area contributed by atoms with Crippen molar-refractivity contribution in [3.05, 3.63) is 58.1 Å². The predicted octanol–water partition coefficient (Wildman–Crippen LogP) is 2.70. The molecule has 0 unspecified atom stereocenters. The number of anilines is 1. The largest absolute Gasteiger partial charge is 0.495 e. The first-order valence-electron chi connectivity index (χ1n) is 7.74. The molecule has 0 radical (unpaired) electrons. The molecule has 29 heavy (non-hydrogen) atoms. The number of nitrogens with one attached hydrogen (secondary N) is 2. The Kier molecular flexibility index (Phi) is 6.31. The Labute approximate surface area is 162 Å². The number of hydrogen-bond acceptors (Lipinski definition) is 6. The van der Waals surface area contributed by atoms with Crippen LogP contribution in [0.3, 0.4) is 0 Å². The van der Waals surface area contributed by atoms with Crippen LogP contribution in [0, 0.1) is 10.1 Å². The molecule has 0 spiro atoms. The number of carbonyl (C=O) groups is 1. The Morgan fingerprint density at radius 3 is 2.45 bits per heavy atom. The van der Waals surface area contributed by atoms with Gasteiger partial charge in [0.05, 0.1) is 23.3 Å². The van der Waals surface area contributed by atoms with Gasteiger partial charge in [-0.05, 0) is 18.2 Å². The number of halogens is 3. The molecule has 9 nitrogen and oxygen atoms in total. The summed E-state index contributed by atoms with van der Waals surface area (Å²) < 4.78 is 69.4. The van der Waals surface area contributed by atoms with Gasteiger partial charge in [-0.2, -0.15) is 13.2 Å². The summed E-state index contributed by atoms with van der Waals surface area (Å²) in [5.74, 6) is -1.37. The van der Waals surface area contributed by atoms with Crippen LogP contribution >= 0.6 is 0 Å². The third-order valence-corrected chi connectivity index (χ3v) is 4.90. The summed E-state index contributed by atoms with van der Waals surface area (Å²) in [7, 11) is -3.34. The average Bonchev–Trinajstić information content (AvgIpc) is 2.65. The molecule has 0 fully saturated rings. The Morgan fingerprint density at radius 1 is 1.21 bits per heavy atom. The quantitative estimate of drug-likeness (QED) is 0.511. The zero-order chi connectivity index (χ0) is 21.8. The van der Waals surface area contributed by atoms with Crippen molar-refractivity contribution in [2.24, 2.45) is 0 Å². The number of nitro benzene ring substituents is 1. The lowest BCUT2D eigenvalue weighted by atomic mass is 10.1. The number of hydrogen-bond donors (Lipinski definition) is 2. The number of nitrogens with zero attached hydrogens (tertiary/aromatic N) is 1. The minimum Gasteiger partial charge on any atom is -0.495 e. The monoisotopic (exact) mass is 433 g/mol. The Hall–Kier alpha value is -3.35. The molecular weight excluding hydrogens is 419 g/mol. The zero-order valence-electron chi connectivity index (χ0n) is 14.7. The van der Waals surface area contributed by atoms with Gasteiger partial charge in [-0.3, -0.25) is 19.6 Å². The van der Waals surface area contributed by atoms with Crippen LogP contribution in [-0.2, 0) is 10.0 Å². The molecule has 2 N–H and O–H groups in total. The van der Waals surface area contributed by atoms with Gasteiger partial charge in [0.15, 0.2) is 0 Å². The highest BCUT2D eigenvalue weighted by Gasteiger charge is 2.29. The molecule has 1 amide bonds. The minimum absolute atomic E-state index is 0.206. The van der Waals surface area contributed by atoms with E-state index in [1.165, 1.54) is 12.1 Å². The lowest BCUT2D eigenvalue weighted by Crippen LogP contribution is -2.34. The maximum absolute atomic E-state index is 12.7. The number of carbonyl (C=O) groups excluding carboxylic acids is 1. The molecule has 2 aromatic carbocycles. The normalized spacial score (nSPS) is 11.6. The van der Waals surface area contributed by atoms with Gasteiger partial charge in [0.2, 0.25) is 0 Å². The molecule has 0 bridgehead atoms. The third kappa shape index (κ3) is 5.57. The second-order valence-corrected chi connectivity index (χ2v) is 7.19. The van der Waals surface area contributed by atoms with Crippen LogP contribution in [0.1, 0.15) is 10.4 Å². The van der Waals surface area contributed by atoms with Gasteiger partial charge in [0, 0.05) is 12.1 Å². The van der Waals surface area contributed by atoms with E-state index in [2.05, 4.69) is 0 Å². The van der Waals surface area contributed by atoms with Gasteiger partial charge in [0.1, 0.15) is 17.2 Å². The summed E-state index contributed by atoms with van der Waals surface area (Å²) in [6.45, 7) is -1.61. The smallest absolute Gasteiger partial charge is 0.405 e. The molecule has 0 aromatic heterocycles. The highest BCUT2D eigenvalue weighted by atomic mass is 32.2. The summed E-state index contributed by atoms with van der Waals surface area (Å²) >= 11 is 0. The number of nitro groups is 1. The summed E-state index contributed by atoms with van der Waals surface area (Å²) in [4.78, 5) is 21.6. The van der Waals surface area contributed by atoms with E-state index in [0.29, 0.717) is 0 Å². The number of methoxy groups -OCH3 is 1. The van der Waals surface area contributed by atoms with E-state index in [-0.39, 0.29) is 17.0 Å². The highest BCUT2D eigenvalue weighted by molar-refractivity contribution is 7.92. The molecule has 0 aliphatic heterocycles. The molecule has 0 aliphatic carbocycles. The first-order valence-corrected chi connectivity index (χ1v) is 9.22. The van der Waals surface area contributed by atoms with Gasteiger partial charge in [-0.15, -0.1) is 0 Å². The first kappa shape index (κ1) is 21.9. The van der Waals surface area contributed by atoms with Crippen molar-refractivity contribution in [2.75, 3.05) is 18.4 Å². The Balaban J connectivity index is 2.41. The van der Waals surface area contributed by atoms with E-state index in [1.807, 2.05) is 4.72 Å². The molecule has 2 rings (SSSR count). The predicted molar refractivity (Wildman–Crippen MR) is 95.3 cm³/mol. The number of amides is 1. The topological polar surface area (TPSA) is 128 Å². The number of rotatable bonds is 7. The zero-order valence-corrected chi connectivity index (χ0v) is 15.5. The molecular formula is C16H14F3N3O6S. The van der Waals surface area contributed by atoms with Crippen molar-refractivity contribution in [1.82, 2.24) is 5.32 Å². The molecule has 156 valence electrons. The van der Waals surface area contributed by atoms with E-state index in [0.717, 1.165) is 37.4 Å². The molecule has 0 atom stereocenters. The maximum Gasteiger partial charge on any atom is 0.405 e. The van der Waals surface area contributed by atoms with Crippen molar-refractivity contribution in [2.45, 2.75) is 11.1 Å². The van der Waals surface area contributed by atoms with Crippen LogP contribution in [0.5, 0.6) is 5.75 Å². The van der Waals surface area contributed by atoms with Crippen LogP contribution in [0.4, 0.5) is 24.5 Å². The number of benzene rings is 2. The molecule has 0 heterocycles. The molecule has 0 saturated heterocycles. The average molecular weight is 433 g/mol. The van der Waals surface area contributed by atoms with E-state index < -0.39 is 44.2 Å². The van der Waals surface area contributed by atoms with E-state index in [9.17, 15) is 36.5 Å². The molecule has 13 heteroatoms. The Morgan fingerprint density at radius 2 is 1.86 bits per heavy atom. The van der Waals surface area contributed by atoms with Gasteiger partial charge in [0.25, 0.3) is 21.6 Å². The van der Waals surface area contributed by atoms with E-state index in [4.69, 9.17) is 4.74 Å². The summed E-state index contributed by atoms with van der Waals surface area (Å²) in [5.41, 5.74) is -1.21. The maximum atomic E-state index is 12.7. The van der Waals surface area contributed by atoms with Crippen molar-refractivity contribution >= 4 is 27.3 Å². The fourth-order valence-electron chi connectivity index (χ4n) is 2.23. The first-order chi connectivity index (χ1) is 13.4. The van der Waals surface area contributed by atoms with Gasteiger partial charge >= 0.3 is 6.18 Å². The van der Waals surface area contributed by atoms with Crippen molar-refractivity contribution < 1.29 is 36.0 Å². The van der Waals surface area contributed by atoms with Crippen molar-refractivity contribution in [3.8, 4) is 5.75 Å². The molecule has 0 aliphatic rings. The summed E-state index contributed by atoms with van der Waals surface area (Å²) in [6.07, 6.45) is -4.65. The summed E-state index contributed by atoms with van der Waals surface area (Å²) in [6, 6.07) is 7.83. The van der Waals surface area contributed by atoms with Gasteiger partial charge in [-0.25, -0.2) is 8.42 Å². The number of ether oxygens (including phenoxy) is 1. The van der Waals surface area contributed by atoms with Crippen LogP contribution in [0.25, 0.3) is 0 Å². The van der Waals surface area contributed by atoms with Crippen LogP contribution < -0.4 is 14.8 Å². The molecule has 2 aromatic rings. The summed E-state index contributed by atoms with van der Waals surface area (Å²) in [5, 5.41) is 12.6. The fraction of sp³-hybridized carbons (Fsp3) is 0.188. The standard InChI is InChI=1S/C16H14F3N3O6S/c1-28-13-7-6-10(22(24)25)8-14(13)29(26,27)21-12-5-3-2-4-11(12)15(23)20-9-16(17,18)19/h2-8,21H,9H2,1H3,(H,20,23). The number of alkyl halides is 3. The van der Waals surface area contributed by atoms with Crippen LogP contribution in [-0.4, -0.2) is 39.1 Å². The minimum atomic E-state index is -4.65. The third-order valence-electron chi connectivity index (χ3n) is 3.51. The second kappa shape index (κ2) is 8.34. The van der Waals surface area contributed by atoms with Crippen LogP contribution in [0.2, 0.25) is 0 Å². The fourth-order valence-corrected chi connectivity index (χ4v) is 3.50. The number of sulfonamides is 1. The second-order valence-electron chi connectivity index (χ2n) is 5.54. The van der Waals surface area contributed by atoms with Crippen molar-refractivity contribution in [1.29, 1.82) is 0 Å². The SMILES string of the molecule is COc1ccc([N+](=O)[O-])cc1S(=O)(=O)Nc1ccccc1C(=O)NCC(F)(F)F. The van der Waals surface area contributed by atoms with Crippen LogP contribution in [0.15, 0.2) is 47.4 Å². The lowest BCUT2D eigenvalue weighted by Gasteiger charge is -2.15. The Bertz CT molecular complexity index is 1040. The number of para-hydroxylation sites is 1. The van der Waals surface area contributed by atoms with Gasteiger partial charge in [-0.1, -0.05) is 12.1 Å². The number of non-ortho nitro benzene ring substituents is 1.